The number of hydrogen-bond acceptors (Lipinski definition) is 10. The molecule has 0 unspecified atom stereocenters. The maximum absolute atomic E-state index is 9.75. The van der Waals surface area contributed by atoms with Crippen molar-refractivity contribution < 1.29 is 9.47 Å². The van der Waals surface area contributed by atoms with Gasteiger partial charge in [0.15, 0.2) is 5.82 Å². The molecule has 2 fully saturated rings. The van der Waals surface area contributed by atoms with Crippen LogP contribution in [0.25, 0.3) is 5.57 Å². The van der Waals surface area contributed by atoms with Crippen molar-refractivity contribution in [2.24, 2.45) is 0 Å². The summed E-state index contributed by atoms with van der Waals surface area (Å²) in [4.78, 5) is 22.0. The number of benzene rings is 1. The minimum Gasteiger partial charge on any atom is -0.491 e. The quantitative estimate of drug-likeness (QED) is 0.221. The van der Waals surface area contributed by atoms with Gasteiger partial charge in [-0.1, -0.05) is 6.58 Å². The Morgan fingerprint density at radius 3 is 2.65 bits per heavy atom. The highest BCUT2D eigenvalue weighted by atomic mass is 16.5. The third-order valence-electron chi connectivity index (χ3n) is 6.93. The predicted octanol–water partition coefficient (Wildman–Crippen LogP) is 3.42. The molecule has 3 aromatic rings. The second kappa shape index (κ2) is 13.0. The smallest absolute Gasteiger partial charge is 0.230 e. The maximum Gasteiger partial charge on any atom is 0.230 e. The van der Waals surface area contributed by atoms with Gasteiger partial charge < -0.3 is 24.3 Å². The number of allylic oxidation sites excluding steroid dienone is 4. The topological polar surface area (TPSA) is 117 Å². The van der Waals surface area contributed by atoms with Gasteiger partial charge in [-0.05, 0) is 43.3 Å². The van der Waals surface area contributed by atoms with Crippen LogP contribution >= 0.6 is 0 Å². The van der Waals surface area contributed by atoms with Crippen LogP contribution in [0.4, 0.5) is 17.3 Å². The van der Waals surface area contributed by atoms with E-state index in [1.807, 2.05) is 29.8 Å². The molecule has 0 amide bonds. The van der Waals surface area contributed by atoms with Crippen LogP contribution < -0.4 is 10.2 Å². The molecule has 40 heavy (non-hydrogen) atoms. The number of ether oxygens (including phenoxy) is 2. The molecule has 2 aromatic heterocycles. The van der Waals surface area contributed by atoms with Gasteiger partial charge >= 0.3 is 0 Å². The summed E-state index contributed by atoms with van der Waals surface area (Å²) >= 11 is 0. The van der Waals surface area contributed by atoms with Crippen molar-refractivity contribution in [3.8, 4) is 6.07 Å². The highest BCUT2D eigenvalue weighted by Gasteiger charge is 2.28. The molecule has 0 spiro atoms. The normalized spacial score (nSPS) is 16.8. The molecule has 0 bridgehead atoms. The number of nitriles is 1. The summed E-state index contributed by atoms with van der Waals surface area (Å²) in [6, 6.07) is 11.0. The van der Waals surface area contributed by atoms with Gasteiger partial charge in [0.25, 0.3) is 0 Å². The summed E-state index contributed by atoms with van der Waals surface area (Å²) in [5.41, 5.74) is 2.88. The largest absolute Gasteiger partial charge is 0.491 e. The molecule has 1 aromatic carbocycles. The van der Waals surface area contributed by atoms with Crippen molar-refractivity contribution in [2.45, 2.75) is 19.5 Å². The fourth-order valence-electron chi connectivity index (χ4n) is 4.57. The van der Waals surface area contributed by atoms with E-state index in [0.29, 0.717) is 47.9 Å². The first-order valence-electron chi connectivity index (χ1n) is 13.3. The summed E-state index contributed by atoms with van der Waals surface area (Å²) in [7, 11) is 0. The van der Waals surface area contributed by atoms with Crippen molar-refractivity contribution in [1.29, 1.82) is 5.26 Å². The Labute approximate surface area is 234 Å². The van der Waals surface area contributed by atoms with E-state index in [9.17, 15) is 5.26 Å². The van der Waals surface area contributed by atoms with Gasteiger partial charge in [0.2, 0.25) is 5.95 Å². The van der Waals surface area contributed by atoms with Crippen LogP contribution in [-0.4, -0.2) is 81.4 Å². The number of aromatic nitrogens is 5. The Morgan fingerprint density at radius 1 is 1.20 bits per heavy atom. The fourth-order valence-corrected chi connectivity index (χ4v) is 4.57. The molecular weight excluding hydrogens is 506 g/mol. The zero-order valence-electron chi connectivity index (χ0n) is 22.6. The average Bonchev–Trinajstić information content (AvgIpc) is 3.48. The lowest BCUT2D eigenvalue weighted by atomic mass is 10.1. The number of anilines is 3. The van der Waals surface area contributed by atoms with Crippen molar-refractivity contribution >= 4 is 22.9 Å². The summed E-state index contributed by atoms with van der Waals surface area (Å²) in [6.45, 7) is 12.7. The number of piperazine rings is 1. The Balaban J connectivity index is 1.17. The van der Waals surface area contributed by atoms with Crippen molar-refractivity contribution in [1.82, 2.24) is 29.4 Å². The van der Waals surface area contributed by atoms with E-state index in [1.165, 1.54) is 12.0 Å². The monoisotopic (exact) mass is 539 g/mol. The molecule has 0 saturated carbocycles. The fraction of sp³-hybridized carbons (Fsp3) is 0.345. The number of rotatable bonds is 11. The molecule has 0 aliphatic carbocycles. The minimum absolute atomic E-state index is 0.338. The molecule has 0 radical (unpaired) electrons. The van der Waals surface area contributed by atoms with Crippen LogP contribution in [0.15, 0.2) is 79.4 Å². The molecule has 206 valence electrons. The first-order valence-corrected chi connectivity index (χ1v) is 13.3. The molecule has 5 rings (SSSR count). The van der Waals surface area contributed by atoms with Gasteiger partial charge in [-0.15, -0.1) is 0 Å². The molecule has 0 atom stereocenters. The van der Waals surface area contributed by atoms with Crippen LogP contribution in [0, 0.1) is 11.3 Å². The van der Waals surface area contributed by atoms with Gasteiger partial charge in [-0.3, -0.25) is 4.90 Å². The third-order valence-corrected chi connectivity index (χ3v) is 6.93. The molecule has 2 saturated heterocycles. The van der Waals surface area contributed by atoms with Gasteiger partial charge in [-0.2, -0.15) is 10.2 Å². The third kappa shape index (κ3) is 6.72. The zero-order valence-corrected chi connectivity index (χ0v) is 22.6. The molecule has 11 heteroatoms. The van der Waals surface area contributed by atoms with Gasteiger partial charge in [0.1, 0.15) is 24.8 Å². The van der Waals surface area contributed by atoms with E-state index in [1.54, 1.807) is 24.7 Å². The highest BCUT2D eigenvalue weighted by molar-refractivity contribution is 5.71. The van der Waals surface area contributed by atoms with E-state index in [0.717, 1.165) is 45.1 Å². The van der Waals surface area contributed by atoms with E-state index in [-0.39, 0.29) is 0 Å². The SMILES string of the molecule is C=C(/C=C(C#N)\C(=C/C)OCCn1ccnc1)c1ncnc(Nc2ccc(N3CCN(C4COC4)CC3)cc2)n1. The standard InChI is InChI=1S/C29H33N9O2/c1-3-27(40-15-14-36-9-8-31-21-36)23(17-30)16-22(2)28-32-20-33-29(35-28)34-24-4-6-25(7-5-24)37-10-12-38(13-11-37)26-18-39-19-26/h3-9,16,20-21,26H,2,10-15,18-19H2,1H3,(H,32,33,34,35)/b23-16-,27-3+. The van der Waals surface area contributed by atoms with E-state index < -0.39 is 0 Å². The van der Waals surface area contributed by atoms with Crippen molar-refractivity contribution in [3.05, 3.63) is 85.2 Å². The van der Waals surface area contributed by atoms with E-state index in [2.05, 4.69) is 59.8 Å². The van der Waals surface area contributed by atoms with Crippen molar-refractivity contribution in [3.63, 3.8) is 0 Å². The van der Waals surface area contributed by atoms with Crippen molar-refractivity contribution in [2.75, 3.05) is 56.2 Å². The van der Waals surface area contributed by atoms with Crippen LogP contribution in [0.2, 0.25) is 0 Å². The maximum atomic E-state index is 9.75. The highest BCUT2D eigenvalue weighted by Crippen LogP contribution is 2.23. The molecular formula is C29H33N9O2. The summed E-state index contributed by atoms with van der Waals surface area (Å²) in [5.74, 6) is 1.23. The van der Waals surface area contributed by atoms with E-state index in [4.69, 9.17) is 9.47 Å². The molecule has 2 aliphatic heterocycles. The Morgan fingerprint density at radius 2 is 2.00 bits per heavy atom. The number of imidazole rings is 1. The molecule has 1 N–H and O–H groups in total. The Hall–Kier alpha value is -4.53. The van der Waals surface area contributed by atoms with Crippen LogP contribution in [-0.2, 0) is 16.0 Å². The summed E-state index contributed by atoms with van der Waals surface area (Å²) < 4.78 is 13.1. The second-order valence-corrected chi connectivity index (χ2v) is 9.52. The number of nitrogens with zero attached hydrogens (tertiary/aromatic N) is 8. The van der Waals surface area contributed by atoms with Crippen LogP contribution in [0.3, 0.4) is 0 Å². The minimum atomic E-state index is 0.338. The average molecular weight is 540 g/mol. The van der Waals surface area contributed by atoms with Gasteiger partial charge in [0, 0.05) is 55.5 Å². The lowest BCUT2D eigenvalue weighted by Crippen LogP contribution is -2.56. The summed E-state index contributed by atoms with van der Waals surface area (Å²) in [5, 5.41) is 13.0. The van der Waals surface area contributed by atoms with E-state index >= 15 is 0 Å². The lowest BCUT2D eigenvalue weighted by Gasteiger charge is -2.43. The first-order chi connectivity index (χ1) is 19.6. The number of nitrogens with one attached hydrogen (secondary N) is 1. The van der Waals surface area contributed by atoms with Crippen LogP contribution in [0.5, 0.6) is 0 Å². The van der Waals surface area contributed by atoms with Crippen LogP contribution in [0.1, 0.15) is 12.7 Å². The number of hydrogen-bond donors (Lipinski definition) is 1. The first kappa shape index (κ1) is 27.1. The van der Waals surface area contributed by atoms with Gasteiger partial charge in [0.05, 0.1) is 37.7 Å². The Bertz CT molecular complexity index is 1380. The predicted molar refractivity (Wildman–Crippen MR) is 153 cm³/mol. The lowest BCUT2D eigenvalue weighted by molar-refractivity contribution is -0.0660. The summed E-state index contributed by atoms with van der Waals surface area (Å²) in [6.07, 6.45) is 10.1. The Kier molecular flexibility index (Phi) is 8.80. The molecule has 11 nitrogen and oxygen atoms in total. The molecule has 4 heterocycles. The zero-order chi connectivity index (χ0) is 27.7. The second-order valence-electron chi connectivity index (χ2n) is 9.52. The van der Waals surface area contributed by atoms with Gasteiger partial charge in [-0.25, -0.2) is 15.0 Å². The molecule has 2 aliphatic rings.